The minimum absolute atomic E-state index is 0.0466. The Bertz CT molecular complexity index is 760. The van der Waals surface area contributed by atoms with E-state index in [4.69, 9.17) is 4.74 Å². The molecule has 1 heterocycles. The zero-order valence-electron chi connectivity index (χ0n) is 18.9. The van der Waals surface area contributed by atoms with Crippen molar-refractivity contribution < 1.29 is 14.3 Å². The predicted molar refractivity (Wildman–Crippen MR) is 115 cm³/mol. The molecule has 0 aromatic rings. The van der Waals surface area contributed by atoms with Crippen LogP contribution in [0.1, 0.15) is 86.0 Å². The Hall–Kier alpha value is -1.38. The lowest BCUT2D eigenvalue weighted by atomic mass is 9.56. The van der Waals surface area contributed by atoms with E-state index in [9.17, 15) is 9.59 Å². The zero-order valence-corrected chi connectivity index (χ0v) is 18.9. The van der Waals surface area contributed by atoms with Gasteiger partial charge in [-0.2, -0.15) is 0 Å². The van der Waals surface area contributed by atoms with Crippen LogP contribution in [0, 0.1) is 40.4 Å². The number of ether oxygens (including phenoxy) is 1. The monoisotopic (exact) mass is 398 g/mol. The van der Waals surface area contributed by atoms with Gasteiger partial charge in [0, 0.05) is 17.8 Å². The van der Waals surface area contributed by atoms with Gasteiger partial charge in [-0.25, -0.2) is 0 Å². The maximum absolute atomic E-state index is 12.9. The summed E-state index contributed by atoms with van der Waals surface area (Å²) in [6.07, 6.45) is 12.5. The second-order valence-electron chi connectivity index (χ2n) is 11.1. The molecule has 1 saturated carbocycles. The lowest BCUT2D eigenvalue weighted by molar-refractivity contribution is -0.154. The second-order valence-corrected chi connectivity index (χ2v) is 11.1. The number of esters is 1. The van der Waals surface area contributed by atoms with Crippen molar-refractivity contribution in [1.82, 2.24) is 0 Å². The first-order chi connectivity index (χ1) is 13.7. The molecule has 160 valence electrons. The molecule has 0 bridgehead atoms. The summed E-state index contributed by atoms with van der Waals surface area (Å²) in [5.41, 5.74) is 1.20. The number of ketones is 1. The Kier molecular flexibility index (Phi) is 5.32. The highest BCUT2D eigenvalue weighted by Crippen LogP contribution is 2.64. The molecule has 1 fully saturated rings. The Labute approximate surface area is 176 Å². The summed E-state index contributed by atoms with van der Waals surface area (Å²) < 4.78 is 6.05. The van der Waals surface area contributed by atoms with Crippen molar-refractivity contribution in [2.75, 3.05) is 0 Å². The standard InChI is InChI=1S/C26H38O3/c1-16(2)7-6-8-17(3)19-9-10-20-23-21(12-14-25(19,20)4)26(5)13-11-18(27)15-22(26)24(28)29-23/h11,13,16-17,19-20,22H,6-10,12,14-15H2,1-5H3/t17-,19+,20-,22?,25+,26+/m0/s1. The molecule has 0 spiro atoms. The molecule has 0 saturated heterocycles. The second kappa shape index (κ2) is 7.39. The quantitative estimate of drug-likeness (QED) is 0.515. The maximum Gasteiger partial charge on any atom is 0.315 e. The van der Waals surface area contributed by atoms with Gasteiger partial charge in [0.2, 0.25) is 0 Å². The average Bonchev–Trinajstić information content (AvgIpc) is 3.00. The van der Waals surface area contributed by atoms with Gasteiger partial charge in [-0.1, -0.05) is 60.0 Å². The predicted octanol–water partition coefficient (Wildman–Crippen LogP) is 6.24. The highest BCUT2D eigenvalue weighted by molar-refractivity contribution is 5.95. The van der Waals surface area contributed by atoms with Gasteiger partial charge in [-0.3, -0.25) is 9.59 Å². The first-order valence-electron chi connectivity index (χ1n) is 11.8. The summed E-state index contributed by atoms with van der Waals surface area (Å²) in [6, 6.07) is 0. The lowest BCUT2D eigenvalue weighted by Crippen LogP contribution is -2.48. The summed E-state index contributed by atoms with van der Waals surface area (Å²) in [5, 5.41) is 0. The van der Waals surface area contributed by atoms with Crippen molar-refractivity contribution in [2.45, 2.75) is 86.0 Å². The number of carbonyl (C=O) groups is 2. The largest absolute Gasteiger partial charge is 0.431 e. The molecule has 3 heteroatoms. The molecular formula is C26H38O3. The fourth-order valence-electron chi connectivity index (χ4n) is 7.12. The van der Waals surface area contributed by atoms with Crippen molar-refractivity contribution in [3.63, 3.8) is 0 Å². The first kappa shape index (κ1) is 20.9. The van der Waals surface area contributed by atoms with Gasteiger partial charge in [-0.15, -0.1) is 0 Å². The van der Waals surface area contributed by atoms with Crippen LogP contribution in [-0.2, 0) is 14.3 Å². The molecule has 1 unspecified atom stereocenters. The van der Waals surface area contributed by atoms with Gasteiger partial charge in [0.25, 0.3) is 0 Å². The molecule has 1 aliphatic heterocycles. The summed E-state index contributed by atoms with van der Waals surface area (Å²) in [5.74, 6) is 3.08. The summed E-state index contributed by atoms with van der Waals surface area (Å²) in [4.78, 5) is 24.8. The van der Waals surface area contributed by atoms with E-state index in [0.29, 0.717) is 18.3 Å². The molecule has 3 nitrogen and oxygen atoms in total. The normalized spacial score (nSPS) is 39.9. The van der Waals surface area contributed by atoms with Crippen LogP contribution in [0.5, 0.6) is 0 Å². The van der Waals surface area contributed by atoms with E-state index >= 15 is 0 Å². The minimum atomic E-state index is -0.338. The molecule has 0 aromatic carbocycles. The molecule has 6 atom stereocenters. The molecule has 0 amide bonds. The Morgan fingerprint density at radius 1 is 1.10 bits per heavy atom. The molecule has 3 aliphatic carbocycles. The van der Waals surface area contributed by atoms with Crippen LogP contribution in [0.3, 0.4) is 0 Å². The number of allylic oxidation sites excluding steroid dienone is 4. The third-order valence-corrected chi connectivity index (χ3v) is 8.95. The summed E-state index contributed by atoms with van der Waals surface area (Å²) >= 11 is 0. The van der Waals surface area contributed by atoms with E-state index < -0.39 is 0 Å². The van der Waals surface area contributed by atoms with E-state index in [1.165, 1.54) is 37.7 Å². The van der Waals surface area contributed by atoms with Gasteiger partial charge in [0.05, 0.1) is 5.92 Å². The van der Waals surface area contributed by atoms with Gasteiger partial charge in [0.15, 0.2) is 5.78 Å². The Balaban J connectivity index is 1.60. The molecule has 4 aliphatic rings. The molecule has 0 N–H and O–H groups in total. The lowest BCUT2D eigenvalue weighted by Gasteiger charge is -2.51. The van der Waals surface area contributed by atoms with Gasteiger partial charge < -0.3 is 4.74 Å². The van der Waals surface area contributed by atoms with E-state index in [1.54, 1.807) is 6.08 Å². The van der Waals surface area contributed by atoms with Gasteiger partial charge in [-0.05, 0) is 60.5 Å². The van der Waals surface area contributed by atoms with E-state index in [2.05, 4.69) is 34.6 Å². The van der Waals surface area contributed by atoms with Crippen molar-refractivity contribution in [1.29, 1.82) is 0 Å². The van der Waals surface area contributed by atoms with Crippen LogP contribution in [0.25, 0.3) is 0 Å². The number of hydrogen-bond acceptors (Lipinski definition) is 3. The van der Waals surface area contributed by atoms with E-state index in [0.717, 1.165) is 30.4 Å². The number of rotatable bonds is 5. The first-order valence-corrected chi connectivity index (χ1v) is 11.8. The van der Waals surface area contributed by atoms with Gasteiger partial charge >= 0.3 is 5.97 Å². The van der Waals surface area contributed by atoms with Crippen molar-refractivity contribution >= 4 is 11.8 Å². The third-order valence-electron chi connectivity index (χ3n) is 8.95. The molecule has 0 radical (unpaired) electrons. The summed E-state index contributed by atoms with van der Waals surface area (Å²) in [7, 11) is 0. The molecule has 4 rings (SSSR count). The molecule has 29 heavy (non-hydrogen) atoms. The van der Waals surface area contributed by atoms with Crippen LogP contribution in [0.4, 0.5) is 0 Å². The molecule has 0 aromatic heterocycles. The minimum Gasteiger partial charge on any atom is -0.431 e. The van der Waals surface area contributed by atoms with Crippen LogP contribution in [0.2, 0.25) is 0 Å². The Morgan fingerprint density at radius 2 is 1.86 bits per heavy atom. The number of hydrogen-bond donors (Lipinski definition) is 0. The molecular weight excluding hydrogens is 360 g/mol. The van der Waals surface area contributed by atoms with E-state index in [-0.39, 0.29) is 28.5 Å². The van der Waals surface area contributed by atoms with Crippen LogP contribution < -0.4 is 0 Å². The number of carbonyl (C=O) groups excluding carboxylic acids is 2. The van der Waals surface area contributed by atoms with Gasteiger partial charge in [0.1, 0.15) is 5.76 Å². The van der Waals surface area contributed by atoms with Crippen LogP contribution >= 0.6 is 0 Å². The maximum atomic E-state index is 12.9. The SMILES string of the molecule is CC(C)CCC[C@H](C)[C@H]1CC[C@H]2C3=C(CC[C@]12C)[C@@]1(C)C=CC(=O)CC1C(=O)O3. The fourth-order valence-corrected chi connectivity index (χ4v) is 7.12. The zero-order chi connectivity index (χ0) is 21.0. The highest BCUT2D eigenvalue weighted by Gasteiger charge is 2.58. The van der Waals surface area contributed by atoms with Crippen molar-refractivity contribution in [3.05, 3.63) is 23.5 Å². The van der Waals surface area contributed by atoms with Crippen molar-refractivity contribution in [2.24, 2.45) is 40.4 Å². The average molecular weight is 399 g/mol. The van der Waals surface area contributed by atoms with Crippen LogP contribution in [-0.4, -0.2) is 11.8 Å². The smallest absolute Gasteiger partial charge is 0.315 e. The van der Waals surface area contributed by atoms with E-state index in [1.807, 2.05) is 6.08 Å². The highest BCUT2D eigenvalue weighted by atomic mass is 16.5. The third kappa shape index (κ3) is 3.33. The topological polar surface area (TPSA) is 43.4 Å². The fraction of sp³-hybridized carbons (Fsp3) is 0.769. The van der Waals surface area contributed by atoms with Crippen molar-refractivity contribution in [3.8, 4) is 0 Å². The van der Waals surface area contributed by atoms with Crippen LogP contribution in [0.15, 0.2) is 23.5 Å². The Morgan fingerprint density at radius 3 is 2.59 bits per heavy atom. The number of fused-ring (bicyclic) bond motifs is 4. The summed E-state index contributed by atoms with van der Waals surface area (Å²) in [6.45, 7) is 11.7.